The van der Waals surface area contributed by atoms with Gasteiger partial charge in [-0.05, 0) is 31.4 Å². The SMILES string of the molecule is COC1=C(C)C=CC(C)C(C)=C1. The predicted octanol–water partition coefficient (Wildman–Crippen LogP) is 3.06. The molecule has 0 spiro atoms. The van der Waals surface area contributed by atoms with Crippen LogP contribution in [-0.4, -0.2) is 7.11 Å². The summed E-state index contributed by atoms with van der Waals surface area (Å²) in [4.78, 5) is 0. The van der Waals surface area contributed by atoms with Crippen molar-refractivity contribution in [2.24, 2.45) is 5.92 Å². The van der Waals surface area contributed by atoms with Crippen LogP contribution < -0.4 is 0 Å². The monoisotopic (exact) mass is 164 g/mol. The summed E-state index contributed by atoms with van der Waals surface area (Å²) in [6, 6.07) is 0. The van der Waals surface area contributed by atoms with Gasteiger partial charge in [0.1, 0.15) is 5.76 Å². The van der Waals surface area contributed by atoms with Gasteiger partial charge in [0.05, 0.1) is 7.11 Å². The fourth-order valence-corrected chi connectivity index (χ4v) is 1.19. The van der Waals surface area contributed by atoms with E-state index in [4.69, 9.17) is 4.74 Å². The second-order valence-electron chi connectivity index (χ2n) is 3.29. The van der Waals surface area contributed by atoms with Crippen LogP contribution in [-0.2, 0) is 4.74 Å². The molecule has 0 aromatic carbocycles. The van der Waals surface area contributed by atoms with Crippen molar-refractivity contribution >= 4 is 0 Å². The highest BCUT2D eigenvalue weighted by atomic mass is 16.5. The van der Waals surface area contributed by atoms with E-state index in [9.17, 15) is 0 Å². The second-order valence-corrected chi connectivity index (χ2v) is 3.29. The Bertz CT molecular complexity index is 256. The van der Waals surface area contributed by atoms with Crippen LogP contribution in [0.3, 0.4) is 0 Å². The van der Waals surface area contributed by atoms with Crippen molar-refractivity contribution in [1.29, 1.82) is 0 Å². The van der Waals surface area contributed by atoms with Gasteiger partial charge in [-0.3, -0.25) is 0 Å². The van der Waals surface area contributed by atoms with Gasteiger partial charge in [-0.2, -0.15) is 0 Å². The van der Waals surface area contributed by atoms with Crippen LogP contribution in [0, 0.1) is 5.92 Å². The zero-order chi connectivity index (χ0) is 9.14. The normalized spacial score (nSPS) is 23.7. The number of ether oxygens (including phenoxy) is 1. The van der Waals surface area contributed by atoms with E-state index in [2.05, 4.69) is 39.0 Å². The molecule has 0 fully saturated rings. The summed E-state index contributed by atoms with van der Waals surface area (Å²) in [5, 5.41) is 0. The zero-order valence-corrected chi connectivity index (χ0v) is 8.22. The van der Waals surface area contributed by atoms with Crippen LogP contribution in [0.5, 0.6) is 0 Å². The molecule has 0 heterocycles. The van der Waals surface area contributed by atoms with Gasteiger partial charge in [0.25, 0.3) is 0 Å². The molecule has 1 aliphatic carbocycles. The molecular weight excluding hydrogens is 148 g/mol. The van der Waals surface area contributed by atoms with Gasteiger partial charge in [0.2, 0.25) is 0 Å². The molecule has 1 unspecified atom stereocenters. The number of rotatable bonds is 1. The lowest BCUT2D eigenvalue weighted by atomic mass is 10.0. The van der Waals surface area contributed by atoms with Crippen molar-refractivity contribution < 1.29 is 4.74 Å². The molecule has 66 valence electrons. The van der Waals surface area contributed by atoms with Gasteiger partial charge in [-0.1, -0.05) is 24.6 Å². The smallest absolute Gasteiger partial charge is 0.121 e. The lowest BCUT2D eigenvalue weighted by Crippen LogP contribution is -1.90. The fraction of sp³-hybridized carbons (Fsp3) is 0.455. The third-order valence-electron chi connectivity index (χ3n) is 2.32. The van der Waals surface area contributed by atoms with Crippen molar-refractivity contribution in [3.63, 3.8) is 0 Å². The highest BCUT2D eigenvalue weighted by Gasteiger charge is 2.06. The van der Waals surface area contributed by atoms with E-state index in [1.165, 1.54) is 11.1 Å². The molecule has 1 rings (SSSR count). The van der Waals surface area contributed by atoms with E-state index < -0.39 is 0 Å². The lowest BCUT2D eigenvalue weighted by Gasteiger charge is -2.05. The summed E-state index contributed by atoms with van der Waals surface area (Å²) in [6.45, 7) is 6.39. The van der Waals surface area contributed by atoms with Crippen LogP contribution in [0.4, 0.5) is 0 Å². The summed E-state index contributed by atoms with van der Waals surface area (Å²) in [7, 11) is 1.71. The first-order valence-electron chi connectivity index (χ1n) is 4.26. The van der Waals surface area contributed by atoms with Crippen molar-refractivity contribution in [2.45, 2.75) is 20.8 Å². The summed E-state index contributed by atoms with van der Waals surface area (Å²) < 4.78 is 5.25. The second kappa shape index (κ2) is 3.61. The minimum atomic E-state index is 0.521. The third-order valence-corrected chi connectivity index (χ3v) is 2.32. The van der Waals surface area contributed by atoms with Crippen LogP contribution in [0.2, 0.25) is 0 Å². The van der Waals surface area contributed by atoms with Crippen LogP contribution in [0.1, 0.15) is 20.8 Å². The van der Waals surface area contributed by atoms with Gasteiger partial charge in [0, 0.05) is 0 Å². The molecule has 0 N–H and O–H groups in total. The molecule has 0 radical (unpaired) electrons. The molecule has 0 bridgehead atoms. The Morgan fingerprint density at radius 1 is 1.33 bits per heavy atom. The molecule has 0 aromatic rings. The molecule has 1 heteroatoms. The zero-order valence-electron chi connectivity index (χ0n) is 8.22. The van der Waals surface area contributed by atoms with Crippen molar-refractivity contribution in [3.05, 3.63) is 35.1 Å². The Labute approximate surface area is 74.4 Å². The Hall–Kier alpha value is -0.980. The predicted molar refractivity (Wildman–Crippen MR) is 51.8 cm³/mol. The average Bonchev–Trinajstić information content (AvgIpc) is 2.18. The van der Waals surface area contributed by atoms with Crippen molar-refractivity contribution in [2.75, 3.05) is 7.11 Å². The highest BCUT2D eigenvalue weighted by Crippen LogP contribution is 2.21. The molecule has 1 aliphatic rings. The fourth-order valence-electron chi connectivity index (χ4n) is 1.19. The quantitative estimate of drug-likeness (QED) is 0.578. The summed E-state index contributed by atoms with van der Waals surface area (Å²) in [6.07, 6.45) is 6.43. The topological polar surface area (TPSA) is 9.23 Å². The van der Waals surface area contributed by atoms with E-state index in [1.54, 1.807) is 7.11 Å². The Morgan fingerprint density at radius 2 is 2.00 bits per heavy atom. The molecule has 0 amide bonds. The Balaban J connectivity index is 3.04. The van der Waals surface area contributed by atoms with Crippen LogP contribution in [0.25, 0.3) is 0 Å². The van der Waals surface area contributed by atoms with Crippen LogP contribution >= 0.6 is 0 Å². The lowest BCUT2D eigenvalue weighted by molar-refractivity contribution is 0.303. The average molecular weight is 164 g/mol. The van der Waals surface area contributed by atoms with Gasteiger partial charge >= 0.3 is 0 Å². The Kier molecular flexibility index (Phi) is 2.74. The largest absolute Gasteiger partial charge is 0.496 e. The molecule has 0 aliphatic heterocycles. The summed E-state index contributed by atoms with van der Waals surface area (Å²) in [5.74, 6) is 1.50. The van der Waals surface area contributed by atoms with Crippen molar-refractivity contribution in [1.82, 2.24) is 0 Å². The van der Waals surface area contributed by atoms with Gasteiger partial charge in [-0.25, -0.2) is 0 Å². The van der Waals surface area contributed by atoms with E-state index in [0.29, 0.717) is 5.92 Å². The molecular formula is C11H16O. The van der Waals surface area contributed by atoms with Crippen LogP contribution in [0.15, 0.2) is 35.1 Å². The van der Waals surface area contributed by atoms with E-state index in [0.717, 1.165) is 5.76 Å². The van der Waals surface area contributed by atoms with Gasteiger partial charge in [-0.15, -0.1) is 0 Å². The van der Waals surface area contributed by atoms with Gasteiger partial charge < -0.3 is 4.74 Å². The molecule has 0 saturated heterocycles. The minimum Gasteiger partial charge on any atom is -0.496 e. The first-order valence-corrected chi connectivity index (χ1v) is 4.26. The molecule has 0 aromatic heterocycles. The van der Waals surface area contributed by atoms with Gasteiger partial charge in [0.15, 0.2) is 0 Å². The first kappa shape index (κ1) is 9.11. The molecule has 12 heavy (non-hydrogen) atoms. The summed E-state index contributed by atoms with van der Waals surface area (Å²) in [5.41, 5.74) is 2.54. The molecule has 1 atom stereocenters. The number of hydrogen-bond donors (Lipinski definition) is 0. The molecule has 0 saturated carbocycles. The van der Waals surface area contributed by atoms with E-state index in [1.807, 2.05) is 0 Å². The Morgan fingerprint density at radius 3 is 2.58 bits per heavy atom. The van der Waals surface area contributed by atoms with E-state index in [-0.39, 0.29) is 0 Å². The maximum atomic E-state index is 5.25. The number of allylic oxidation sites excluding steroid dienone is 5. The minimum absolute atomic E-state index is 0.521. The standard InChI is InChI=1S/C11H16O/c1-8-5-6-9(2)11(12-4)7-10(8)3/h5-8H,1-4H3. The summed E-state index contributed by atoms with van der Waals surface area (Å²) >= 11 is 0. The highest BCUT2D eigenvalue weighted by molar-refractivity contribution is 5.34. The third kappa shape index (κ3) is 1.79. The maximum absolute atomic E-state index is 5.25. The first-order chi connectivity index (χ1) is 5.65. The number of methoxy groups -OCH3 is 1. The maximum Gasteiger partial charge on any atom is 0.121 e. The molecule has 1 nitrogen and oxygen atoms in total. The van der Waals surface area contributed by atoms with E-state index >= 15 is 0 Å². The number of hydrogen-bond acceptors (Lipinski definition) is 1. The van der Waals surface area contributed by atoms with Crippen molar-refractivity contribution in [3.8, 4) is 0 Å².